The molecule has 0 bridgehead atoms. The minimum absolute atomic E-state index is 0.0508. The van der Waals surface area contributed by atoms with Crippen molar-refractivity contribution >= 4 is 29.1 Å². The van der Waals surface area contributed by atoms with Gasteiger partial charge in [0, 0.05) is 51.3 Å². The standard InChI is InChI=1S/C25H39ClN4O4/c1-15(2)25(32)29-9-6-17(7-10-29)16(3)30-11-8-21(23(14-30)34-5)28-24(31)18-12-19(26)20(27)13-22(18)33-4/h12-13,15-17,21,23H,6-11,14,27H2,1-5H3,(H,28,31). The van der Waals surface area contributed by atoms with Crippen LogP contribution in [-0.4, -0.2) is 80.2 Å². The van der Waals surface area contributed by atoms with Crippen LogP contribution < -0.4 is 15.8 Å². The number of nitrogens with two attached hydrogens (primary N) is 1. The lowest BCUT2D eigenvalue weighted by Gasteiger charge is -2.45. The Morgan fingerprint density at radius 2 is 1.79 bits per heavy atom. The number of carbonyl (C=O) groups excluding carboxylic acids is 2. The number of ether oxygens (including phenoxy) is 2. The number of anilines is 1. The summed E-state index contributed by atoms with van der Waals surface area (Å²) in [5.41, 5.74) is 6.57. The van der Waals surface area contributed by atoms with Gasteiger partial charge >= 0.3 is 0 Å². The molecule has 2 heterocycles. The van der Waals surface area contributed by atoms with Crippen LogP contribution in [0.15, 0.2) is 12.1 Å². The Kier molecular flexibility index (Phi) is 9.07. The molecule has 1 aromatic rings. The zero-order valence-electron chi connectivity index (χ0n) is 21.0. The van der Waals surface area contributed by atoms with Gasteiger partial charge < -0.3 is 25.4 Å². The highest BCUT2D eigenvalue weighted by Gasteiger charge is 2.36. The molecular formula is C25H39ClN4O4. The first-order chi connectivity index (χ1) is 16.2. The van der Waals surface area contributed by atoms with Crippen molar-refractivity contribution in [3.05, 3.63) is 22.7 Å². The van der Waals surface area contributed by atoms with Gasteiger partial charge in [0.2, 0.25) is 5.91 Å². The van der Waals surface area contributed by atoms with Crippen LogP contribution in [0.2, 0.25) is 5.02 Å². The molecule has 0 radical (unpaired) electrons. The lowest BCUT2D eigenvalue weighted by Crippen LogP contribution is -2.58. The van der Waals surface area contributed by atoms with E-state index in [1.165, 1.54) is 7.11 Å². The minimum Gasteiger partial charge on any atom is -0.496 e. The van der Waals surface area contributed by atoms with Gasteiger partial charge in [0.05, 0.1) is 35.5 Å². The number of hydrogen-bond acceptors (Lipinski definition) is 6. The predicted octanol–water partition coefficient (Wildman–Crippen LogP) is 3.03. The third-order valence-corrected chi connectivity index (χ3v) is 7.70. The molecule has 2 aliphatic rings. The molecule has 3 N–H and O–H groups in total. The second kappa shape index (κ2) is 11.6. The number of hydrogen-bond donors (Lipinski definition) is 2. The monoisotopic (exact) mass is 494 g/mol. The first kappa shape index (κ1) is 26.6. The van der Waals surface area contributed by atoms with Crippen molar-refractivity contribution in [2.75, 3.05) is 46.1 Å². The highest BCUT2D eigenvalue weighted by molar-refractivity contribution is 6.33. The van der Waals surface area contributed by atoms with Crippen molar-refractivity contribution in [2.45, 2.75) is 58.2 Å². The number of piperidine rings is 2. The predicted molar refractivity (Wildman–Crippen MR) is 134 cm³/mol. The number of nitrogens with one attached hydrogen (secondary N) is 1. The largest absolute Gasteiger partial charge is 0.496 e. The van der Waals surface area contributed by atoms with Gasteiger partial charge in [0.1, 0.15) is 5.75 Å². The van der Waals surface area contributed by atoms with E-state index >= 15 is 0 Å². The SMILES string of the molecule is COc1cc(N)c(Cl)cc1C(=O)NC1CCN(C(C)C2CCN(C(=O)C(C)C)CC2)CC1OC. The van der Waals surface area contributed by atoms with Gasteiger partial charge in [-0.15, -0.1) is 0 Å². The Balaban J connectivity index is 1.58. The van der Waals surface area contributed by atoms with Gasteiger partial charge in [-0.2, -0.15) is 0 Å². The van der Waals surface area contributed by atoms with Crippen molar-refractivity contribution in [1.82, 2.24) is 15.1 Å². The highest BCUT2D eigenvalue weighted by atomic mass is 35.5. The quantitative estimate of drug-likeness (QED) is 0.565. The van der Waals surface area contributed by atoms with Gasteiger partial charge in [-0.25, -0.2) is 0 Å². The summed E-state index contributed by atoms with van der Waals surface area (Å²) < 4.78 is 11.1. The molecule has 2 aliphatic heterocycles. The fraction of sp³-hybridized carbons (Fsp3) is 0.680. The van der Waals surface area contributed by atoms with Crippen LogP contribution >= 0.6 is 11.6 Å². The van der Waals surface area contributed by atoms with Crippen LogP contribution in [-0.2, 0) is 9.53 Å². The summed E-state index contributed by atoms with van der Waals surface area (Å²) in [6, 6.07) is 3.38. The fourth-order valence-electron chi connectivity index (χ4n) is 5.14. The molecule has 3 rings (SSSR count). The minimum atomic E-state index is -0.255. The van der Waals surface area contributed by atoms with E-state index in [0.717, 1.165) is 45.4 Å². The van der Waals surface area contributed by atoms with Gasteiger partial charge in [0.25, 0.3) is 5.91 Å². The molecule has 2 amide bonds. The van der Waals surface area contributed by atoms with E-state index in [1.54, 1.807) is 19.2 Å². The summed E-state index contributed by atoms with van der Waals surface area (Å²) >= 11 is 6.14. The number of halogens is 1. The summed E-state index contributed by atoms with van der Waals surface area (Å²) in [7, 11) is 3.19. The van der Waals surface area contributed by atoms with Crippen LogP contribution in [0.5, 0.6) is 5.75 Å². The van der Waals surface area contributed by atoms with Crippen molar-refractivity contribution in [1.29, 1.82) is 0 Å². The lowest BCUT2D eigenvalue weighted by atomic mass is 9.87. The first-order valence-electron chi connectivity index (χ1n) is 12.2. The molecule has 9 heteroatoms. The Hall–Kier alpha value is -2.03. The van der Waals surface area contributed by atoms with Gasteiger partial charge in [0.15, 0.2) is 0 Å². The van der Waals surface area contributed by atoms with Crippen LogP contribution in [0.25, 0.3) is 0 Å². The molecule has 0 aliphatic carbocycles. The van der Waals surface area contributed by atoms with Gasteiger partial charge in [-0.05, 0) is 38.2 Å². The Morgan fingerprint density at radius 1 is 1.12 bits per heavy atom. The molecule has 1 aromatic carbocycles. The molecule has 3 unspecified atom stereocenters. The molecule has 0 aromatic heterocycles. The van der Waals surface area contributed by atoms with Gasteiger partial charge in [-0.1, -0.05) is 25.4 Å². The molecule has 34 heavy (non-hydrogen) atoms. The molecule has 3 atom stereocenters. The second-order valence-electron chi connectivity index (χ2n) is 9.77. The normalized spacial score (nSPS) is 23.1. The number of amides is 2. The maximum absolute atomic E-state index is 13.0. The number of carbonyl (C=O) groups is 2. The van der Waals surface area contributed by atoms with E-state index in [0.29, 0.717) is 34.0 Å². The van der Waals surface area contributed by atoms with Crippen LogP contribution in [0.3, 0.4) is 0 Å². The smallest absolute Gasteiger partial charge is 0.255 e. The Labute approximate surface area is 208 Å². The summed E-state index contributed by atoms with van der Waals surface area (Å²) in [6.07, 6.45) is 2.69. The Morgan fingerprint density at radius 3 is 2.38 bits per heavy atom. The summed E-state index contributed by atoms with van der Waals surface area (Å²) in [4.78, 5) is 29.8. The van der Waals surface area contributed by atoms with Crippen molar-refractivity contribution in [3.8, 4) is 5.75 Å². The third-order valence-electron chi connectivity index (χ3n) is 7.38. The number of likely N-dealkylation sites (tertiary alicyclic amines) is 2. The number of benzene rings is 1. The van der Waals surface area contributed by atoms with Gasteiger partial charge in [-0.3, -0.25) is 14.5 Å². The van der Waals surface area contributed by atoms with Crippen molar-refractivity contribution in [3.63, 3.8) is 0 Å². The molecule has 0 spiro atoms. The highest BCUT2D eigenvalue weighted by Crippen LogP contribution is 2.30. The maximum Gasteiger partial charge on any atom is 0.255 e. The van der Waals surface area contributed by atoms with Crippen LogP contribution in [0, 0.1) is 11.8 Å². The van der Waals surface area contributed by atoms with E-state index in [-0.39, 0.29) is 29.9 Å². The molecule has 2 fully saturated rings. The van der Waals surface area contributed by atoms with Crippen molar-refractivity contribution in [2.24, 2.45) is 11.8 Å². The van der Waals surface area contributed by atoms with E-state index in [1.807, 2.05) is 18.7 Å². The number of methoxy groups -OCH3 is 2. The number of rotatable bonds is 7. The lowest BCUT2D eigenvalue weighted by molar-refractivity contribution is -0.136. The molecular weight excluding hydrogens is 456 g/mol. The van der Waals surface area contributed by atoms with E-state index in [4.69, 9.17) is 26.8 Å². The maximum atomic E-state index is 13.0. The van der Waals surface area contributed by atoms with Crippen LogP contribution in [0.4, 0.5) is 5.69 Å². The zero-order chi connectivity index (χ0) is 25.0. The Bertz CT molecular complexity index is 873. The molecule has 2 saturated heterocycles. The second-order valence-corrected chi connectivity index (χ2v) is 10.2. The zero-order valence-corrected chi connectivity index (χ0v) is 21.7. The fourth-order valence-corrected chi connectivity index (χ4v) is 5.31. The van der Waals surface area contributed by atoms with E-state index in [2.05, 4.69) is 17.1 Å². The number of nitrogens with zero attached hydrogens (tertiary/aromatic N) is 2. The third kappa shape index (κ3) is 5.96. The van der Waals surface area contributed by atoms with E-state index in [9.17, 15) is 9.59 Å². The van der Waals surface area contributed by atoms with E-state index < -0.39 is 0 Å². The van der Waals surface area contributed by atoms with Crippen LogP contribution in [0.1, 0.15) is 50.4 Å². The average Bonchev–Trinajstić information content (AvgIpc) is 2.84. The average molecular weight is 495 g/mol. The van der Waals surface area contributed by atoms with Crippen molar-refractivity contribution < 1.29 is 19.1 Å². The summed E-state index contributed by atoms with van der Waals surface area (Å²) in [6.45, 7) is 9.48. The molecule has 8 nitrogen and oxygen atoms in total. The topological polar surface area (TPSA) is 97.1 Å². The molecule has 190 valence electrons. The molecule has 0 saturated carbocycles. The summed E-state index contributed by atoms with van der Waals surface area (Å²) in [5.74, 6) is 0.980. The first-order valence-corrected chi connectivity index (χ1v) is 12.5. The number of nitrogen functional groups attached to an aromatic ring is 1. The summed E-state index contributed by atoms with van der Waals surface area (Å²) in [5, 5.41) is 3.43.